The van der Waals surface area contributed by atoms with Gasteiger partial charge in [-0.15, -0.1) is 0 Å². The van der Waals surface area contributed by atoms with Gasteiger partial charge in [0.25, 0.3) is 0 Å². The van der Waals surface area contributed by atoms with Crippen LogP contribution in [0.4, 0.5) is 0 Å². The first-order valence-corrected chi connectivity index (χ1v) is 10.4. The number of methoxy groups -OCH3 is 2. The molecule has 2 aromatic carbocycles. The normalized spacial score (nSPS) is 16.2. The maximum atomic E-state index is 12.5. The maximum absolute atomic E-state index is 12.5. The fraction of sp³-hybridized carbons (Fsp3) is 0.318. The lowest BCUT2D eigenvalue weighted by Gasteiger charge is -2.16. The van der Waals surface area contributed by atoms with Crippen LogP contribution in [0.5, 0.6) is 11.5 Å². The number of aromatic nitrogens is 2. The quantitative estimate of drug-likeness (QED) is 0.516. The number of halogens is 1. The van der Waals surface area contributed by atoms with E-state index in [1.165, 1.54) is 0 Å². The van der Waals surface area contributed by atoms with Crippen LogP contribution in [0, 0.1) is 0 Å². The number of hydrogen-bond donors (Lipinski definition) is 0. The van der Waals surface area contributed by atoms with E-state index in [0.717, 1.165) is 22.0 Å². The van der Waals surface area contributed by atoms with Crippen molar-refractivity contribution in [3.05, 3.63) is 58.4 Å². The molecule has 0 radical (unpaired) electrons. The third kappa shape index (κ3) is 4.33. The van der Waals surface area contributed by atoms with E-state index in [-0.39, 0.29) is 11.8 Å². The van der Waals surface area contributed by atoms with Crippen molar-refractivity contribution in [1.29, 1.82) is 0 Å². The molecule has 2 heterocycles. The zero-order valence-corrected chi connectivity index (χ0v) is 18.4. The second-order valence-corrected chi connectivity index (χ2v) is 8.06. The lowest BCUT2D eigenvalue weighted by atomic mass is 10.1. The van der Waals surface area contributed by atoms with Crippen LogP contribution in [-0.4, -0.2) is 48.3 Å². The van der Waals surface area contributed by atoms with Gasteiger partial charge in [0.2, 0.25) is 17.6 Å². The fourth-order valence-corrected chi connectivity index (χ4v) is 4.00. The molecule has 0 saturated carbocycles. The molecule has 3 aromatic rings. The first-order chi connectivity index (χ1) is 14.6. The molecule has 0 spiro atoms. The minimum atomic E-state index is -0.0868. The Morgan fingerprint density at radius 2 is 2.00 bits per heavy atom. The fourth-order valence-electron chi connectivity index (χ4n) is 3.60. The molecule has 0 aliphatic carbocycles. The number of likely N-dealkylation sites (tertiary alicyclic amines) is 1. The summed E-state index contributed by atoms with van der Waals surface area (Å²) in [5.41, 5.74) is 1.95. The SMILES string of the molecule is COc1ccc(CCN2CC(c3nc(-c4cccc(Br)c4)no3)CC2=O)cc1OC. The van der Waals surface area contributed by atoms with Crippen LogP contribution in [0.1, 0.15) is 23.8 Å². The molecule has 0 N–H and O–H groups in total. The van der Waals surface area contributed by atoms with E-state index in [1.807, 2.05) is 47.4 Å². The van der Waals surface area contributed by atoms with Gasteiger partial charge in [-0.1, -0.05) is 39.3 Å². The summed E-state index contributed by atoms with van der Waals surface area (Å²) in [6.07, 6.45) is 1.11. The Labute approximate surface area is 183 Å². The molecular formula is C22H22BrN3O4. The summed E-state index contributed by atoms with van der Waals surface area (Å²) >= 11 is 3.45. The predicted molar refractivity (Wildman–Crippen MR) is 115 cm³/mol. The Morgan fingerprint density at radius 1 is 1.17 bits per heavy atom. The zero-order chi connectivity index (χ0) is 21.1. The molecule has 1 amide bonds. The predicted octanol–water partition coefficient (Wildman–Crippen LogP) is 4.07. The van der Waals surface area contributed by atoms with Crippen molar-refractivity contribution >= 4 is 21.8 Å². The zero-order valence-electron chi connectivity index (χ0n) is 16.8. The van der Waals surface area contributed by atoms with Gasteiger partial charge in [0.05, 0.1) is 20.1 Å². The van der Waals surface area contributed by atoms with Gasteiger partial charge in [0.1, 0.15) is 0 Å². The summed E-state index contributed by atoms with van der Waals surface area (Å²) in [4.78, 5) is 18.9. The van der Waals surface area contributed by atoms with Crippen LogP contribution in [0.25, 0.3) is 11.4 Å². The van der Waals surface area contributed by atoms with Crippen LogP contribution in [0.2, 0.25) is 0 Å². The van der Waals surface area contributed by atoms with Gasteiger partial charge in [-0.2, -0.15) is 4.98 Å². The minimum absolute atomic E-state index is 0.0868. The number of rotatable bonds is 7. The van der Waals surface area contributed by atoms with Crippen molar-refractivity contribution in [3.63, 3.8) is 0 Å². The lowest BCUT2D eigenvalue weighted by molar-refractivity contribution is -0.127. The summed E-state index contributed by atoms with van der Waals surface area (Å²) in [5, 5.41) is 4.09. The van der Waals surface area contributed by atoms with Gasteiger partial charge in [0, 0.05) is 29.5 Å². The molecule has 1 aliphatic rings. The molecule has 8 heteroatoms. The average Bonchev–Trinajstić information content (AvgIpc) is 3.39. The van der Waals surface area contributed by atoms with Crippen LogP contribution in [0.3, 0.4) is 0 Å². The number of nitrogens with zero attached hydrogens (tertiary/aromatic N) is 3. The molecule has 1 saturated heterocycles. The highest BCUT2D eigenvalue weighted by molar-refractivity contribution is 9.10. The van der Waals surface area contributed by atoms with E-state index in [2.05, 4.69) is 26.1 Å². The molecule has 156 valence electrons. The molecule has 1 aliphatic heterocycles. The van der Waals surface area contributed by atoms with Gasteiger partial charge in [-0.05, 0) is 36.2 Å². The van der Waals surface area contributed by atoms with Gasteiger partial charge >= 0.3 is 0 Å². The van der Waals surface area contributed by atoms with Crippen molar-refractivity contribution in [2.45, 2.75) is 18.8 Å². The Balaban J connectivity index is 1.40. The number of ether oxygens (including phenoxy) is 2. The van der Waals surface area contributed by atoms with Crippen LogP contribution < -0.4 is 9.47 Å². The van der Waals surface area contributed by atoms with Crippen LogP contribution in [0.15, 0.2) is 51.5 Å². The van der Waals surface area contributed by atoms with Crippen molar-refractivity contribution < 1.29 is 18.8 Å². The molecule has 7 nitrogen and oxygen atoms in total. The number of hydrogen-bond acceptors (Lipinski definition) is 6. The Hall–Kier alpha value is -2.87. The summed E-state index contributed by atoms with van der Waals surface area (Å²) < 4.78 is 17.0. The molecule has 1 atom stereocenters. The first-order valence-electron chi connectivity index (χ1n) is 9.65. The highest BCUT2D eigenvalue weighted by Crippen LogP contribution is 2.31. The van der Waals surface area contributed by atoms with E-state index in [4.69, 9.17) is 14.0 Å². The highest BCUT2D eigenvalue weighted by Gasteiger charge is 2.34. The Bertz CT molecular complexity index is 1050. The minimum Gasteiger partial charge on any atom is -0.493 e. The summed E-state index contributed by atoms with van der Waals surface area (Å²) in [5.74, 6) is 2.43. The third-order valence-electron chi connectivity index (χ3n) is 5.21. The molecule has 0 bridgehead atoms. The van der Waals surface area contributed by atoms with Gasteiger partial charge in [0.15, 0.2) is 11.5 Å². The van der Waals surface area contributed by atoms with E-state index >= 15 is 0 Å². The number of benzene rings is 2. The van der Waals surface area contributed by atoms with Gasteiger partial charge in [-0.25, -0.2) is 0 Å². The molecule has 30 heavy (non-hydrogen) atoms. The Kier molecular flexibility index (Phi) is 6.03. The van der Waals surface area contributed by atoms with E-state index in [0.29, 0.717) is 42.7 Å². The number of carbonyl (C=O) groups excluding carboxylic acids is 1. The largest absolute Gasteiger partial charge is 0.493 e. The third-order valence-corrected chi connectivity index (χ3v) is 5.70. The Morgan fingerprint density at radius 3 is 2.77 bits per heavy atom. The second-order valence-electron chi connectivity index (χ2n) is 7.15. The average molecular weight is 472 g/mol. The van der Waals surface area contributed by atoms with Gasteiger partial charge < -0.3 is 18.9 Å². The smallest absolute Gasteiger partial charge is 0.232 e. The molecular weight excluding hydrogens is 450 g/mol. The van der Waals surface area contributed by atoms with Crippen LogP contribution >= 0.6 is 15.9 Å². The topological polar surface area (TPSA) is 77.7 Å². The molecule has 4 rings (SSSR count). The molecule has 1 fully saturated rings. The second kappa shape index (κ2) is 8.87. The highest BCUT2D eigenvalue weighted by atomic mass is 79.9. The number of amides is 1. The number of carbonyl (C=O) groups is 1. The van der Waals surface area contributed by atoms with E-state index < -0.39 is 0 Å². The standard InChI is InChI=1S/C22H22BrN3O4/c1-28-18-7-6-14(10-19(18)29-2)8-9-26-13-16(12-20(26)27)22-24-21(25-30-22)15-4-3-5-17(23)11-15/h3-7,10-11,16H,8-9,12-13H2,1-2H3. The van der Waals surface area contributed by atoms with Crippen LogP contribution in [-0.2, 0) is 11.2 Å². The molecule has 1 unspecified atom stereocenters. The monoisotopic (exact) mass is 471 g/mol. The first kappa shape index (κ1) is 20.4. The lowest BCUT2D eigenvalue weighted by Crippen LogP contribution is -2.27. The summed E-state index contributed by atoms with van der Waals surface area (Å²) in [6, 6.07) is 13.5. The van der Waals surface area contributed by atoms with Crippen molar-refractivity contribution in [1.82, 2.24) is 15.0 Å². The summed E-state index contributed by atoms with van der Waals surface area (Å²) in [6.45, 7) is 1.20. The summed E-state index contributed by atoms with van der Waals surface area (Å²) in [7, 11) is 3.23. The molecule has 1 aromatic heterocycles. The van der Waals surface area contributed by atoms with Crippen molar-refractivity contribution in [2.75, 3.05) is 27.3 Å². The van der Waals surface area contributed by atoms with Gasteiger partial charge in [-0.3, -0.25) is 4.79 Å². The van der Waals surface area contributed by atoms with Crippen molar-refractivity contribution in [2.24, 2.45) is 0 Å². The maximum Gasteiger partial charge on any atom is 0.232 e. The van der Waals surface area contributed by atoms with E-state index in [9.17, 15) is 4.79 Å². The van der Waals surface area contributed by atoms with E-state index in [1.54, 1.807) is 14.2 Å². The van der Waals surface area contributed by atoms with Crippen molar-refractivity contribution in [3.8, 4) is 22.9 Å².